The minimum atomic E-state index is -4.46. The minimum absolute atomic E-state index is 0.0132. The van der Waals surface area contributed by atoms with Gasteiger partial charge in [-0.25, -0.2) is 9.59 Å². The molecule has 2 saturated carbocycles. The summed E-state index contributed by atoms with van der Waals surface area (Å²) in [5.74, 6) is 0.447. The third-order valence-electron chi connectivity index (χ3n) is 16.2. The van der Waals surface area contributed by atoms with Crippen molar-refractivity contribution in [2.75, 3.05) is 7.11 Å². The maximum atomic E-state index is 14.2. The van der Waals surface area contributed by atoms with Gasteiger partial charge in [0.2, 0.25) is 11.8 Å². The van der Waals surface area contributed by atoms with Crippen molar-refractivity contribution in [3.8, 4) is 5.75 Å². The number of ether oxygens (including phenoxy) is 3. The van der Waals surface area contributed by atoms with Gasteiger partial charge in [0.25, 0.3) is 0 Å². The Hall–Kier alpha value is -8.67. The number of alkyl halides is 3. The maximum absolute atomic E-state index is 14.2. The van der Waals surface area contributed by atoms with Gasteiger partial charge in [0.05, 0.1) is 36.1 Å². The fraction of sp³-hybridized carbons (Fsp3) is 0.364. The van der Waals surface area contributed by atoms with Gasteiger partial charge in [0, 0.05) is 65.0 Å². The zero-order valence-corrected chi connectivity index (χ0v) is 47.6. The van der Waals surface area contributed by atoms with E-state index in [9.17, 15) is 32.3 Å². The lowest BCUT2D eigenvalue weighted by Crippen LogP contribution is -2.59. The number of alkyl carbamates (subject to hydrolysis) is 2. The average molecular weight is 1150 g/mol. The molecule has 0 spiro atoms. The van der Waals surface area contributed by atoms with Gasteiger partial charge in [-0.05, 0) is 123 Å². The zero-order valence-electron chi connectivity index (χ0n) is 47.6. The Kier molecular flexibility index (Phi) is 19.7. The molecule has 2 unspecified atom stereocenters. The Morgan fingerprint density at radius 1 is 0.548 bits per heavy atom. The van der Waals surface area contributed by atoms with Crippen LogP contribution in [-0.2, 0) is 51.3 Å². The van der Waals surface area contributed by atoms with Crippen molar-refractivity contribution in [2.24, 2.45) is 11.8 Å². The molecule has 8 aromatic rings. The van der Waals surface area contributed by atoms with Crippen LogP contribution >= 0.6 is 0 Å². The SMILES string of the molecule is COc1ccccc1COC(=O)N[C@@](C)(Cc1c[nH]c2ccccc12)C(=O)NC(c1ccccn1)C1CCCCC1.C[C@@](Cc1c[nH]c2ccccc12)(NC(=O)OCc1ccc(C(F)(F)F)cc1)C(=O)NC(c1ccccn1)C1CCCCC1. The molecule has 6 N–H and O–H groups in total. The fourth-order valence-electron chi connectivity index (χ4n) is 11.6. The van der Waals surface area contributed by atoms with Crippen LogP contribution in [0.15, 0.2) is 158 Å². The van der Waals surface area contributed by atoms with Gasteiger partial charge in [-0.3, -0.25) is 19.6 Å². The number of H-pyrrole nitrogens is 2. The minimum Gasteiger partial charge on any atom is -0.496 e. The summed E-state index contributed by atoms with van der Waals surface area (Å²) in [6.45, 7) is 3.16. The predicted molar refractivity (Wildman–Crippen MR) is 315 cm³/mol. The topological polar surface area (TPSA) is 201 Å². The molecule has 4 amide bonds. The van der Waals surface area contributed by atoms with Crippen LogP contribution in [0.1, 0.15) is 129 Å². The van der Waals surface area contributed by atoms with Crippen LogP contribution in [0, 0.1) is 11.8 Å². The van der Waals surface area contributed by atoms with Gasteiger partial charge in [0.15, 0.2) is 0 Å². The lowest BCUT2D eigenvalue weighted by molar-refractivity contribution is -0.137. The molecule has 4 heterocycles. The van der Waals surface area contributed by atoms with E-state index in [-0.39, 0.29) is 61.8 Å². The number of para-hydroxylation sites is 3. The molecule has 84 heavy (non-hydrogen) atoms. The molecule has 15 nitrogen and oxygen atoms in total. The fourth-order valence-corrected chi connectivity index (χ4v) is 11.6. The van der Waals surface area contributed by atoms with Crippen molar-refractivity contribution in [1.82, 2.24) is 41.2 Å². The van der Waals surface area contributed by atoms with Crippen molar-refractivity contribution in [3.05, 3.63) is 197 Å². The molecule has 2 aliphatic carbocycles. The van der Waals surface area contributed by atoms with Gasteiger partial charge < -0.3 is 45.4 Å². The lowest BCUT2D eigenvalue weighted by atomic mass is 9.81. The van der Waals surface area contributed by atoms with E-state index in [4.69, 9.17) is 14.2 Å². The number of rotatable bonds is 19. The molecule has 440 valence electrons. The van der Waals surface area contributed by atoms with Gasteiger partial charge in [-0.15, -0.1) is 0 Å². The molecule has 4 aromatic carbocycles. The molecule has 4 atom stereocenters. The summed E-state index contributed by atoms with van der Waals surface area (Å²) in [4.78, 5) is 70.4. The first-order chi connectivity index (χ1) is 40.6. The number of pyridine rings is 2. The first kappa shape index (κ1) is 59.9. The third kappa shape index (κ3) is 15.3. The van der Waals surface area contributed by atoms with Crippen molar-refractivity contribution in [1.29, 1.82) is 0 Å². The van der Waals surface area contributed by atoms with E-state index < -0.39 is 35.0 Å². The van der Waals surface area contributed by atoms with E-state index >= 15 is 0 Å². The molecular formula is C66H73F3N8O7. The van der Waals surface area contributed by atoms with Crippen molar-refractivity contribution in [3.63, 3.8) is 0 Å². The first-order valence-corrected chi connectivity index (χ1v) is 28.8. The van der Waals surface area contributed by atoms with Gasteiger partial charge in [-0.1, -0.05) is 117 Å². The number of aromatic amines is 2. The number of methoxy groups -OCH3 is 1. The van der Waals surface area contributed by atoms with Crippen LogP contribution in [-0.4, -0.2) is 62.1 Å². The summed E-state index contributed by atoms with van der Waals surface area (Å²) in [6, 6.07) is 38.2. The van der Waals surface area contributed by atoms with Crippen LogP contribution in [0.4, 0.5) is 22.8 Å². The molecule has 0 aliphatic heterocycles. The molecule has 2 aliphatic rings. The van der Waals surface area contributed by atoms with Gasteiger partial charge in [0.1, 0.15) is 30.0 Å². The quantitative estimate of drug-likeness (QED) is 0.0456. The third-order valence-corrected chi connectivity index (χ3v) is 16.2. The Bertz CT molecular complexity index is 3460. The van der Waals surface area contributed by atoms with Crippen LogP contribution in [0.3, 0.4) is 0 Å². The van der Waals surface area contributed by atoms with Crippen LogP contribution in [0.25, 0.3) is 21.8 Å². The highest BCUT2D eigenvalue weighted by Crippen LogP contribution is 2.37. The van der Waals surface area contributed by atoms with Crippen molar-refractivity contribution < 1.29 is 46.6 Å². The van der Waals surface area contributed by atoms with E-state index in [2.05, 4.69) is 41.2 Å². The number of aromatic nitrogens is 4. The Morgan fingerprint density at radius 3 is 1.44 bits per heavy atom. The molecule has 18 heteroatoms. The van der Waals surface area contributed by atoms with Crippen molar-refractivity contribution in [2.45, 2.75) is 133 Å². The number of benzene rings is 4. The summed E-state index contributed by atoms with van der Waals surface area (Å²) in [6.07, 6.45) is 12.4. The molecule has 2 fully saturated rings. The maximum Gasteiger partial charge on any atom is 0.416 e. The summed E-state index contributed by atoms with van der Waals surface area (Å²) in [5, 5.41) is 14.1. The van der Waals surface area contributed by atoms with E-state index in [1.165, 1.54) is 18.6 Å². The number of nitrogens with zero attached hydrogens (tertiary/aromatic N) is 2. The predicted octanol–water partition coefficient (Wildman–Crippen LogP) is 13.5. The number of carbonyl (C=O) groups is 4. The van der Waals surface area contributed by atoms with E-state index in [0.717, 1.165) is 120 Å². The highest BCUT2D eigenvalue weighted by atomic mass is 19.4. The largest absolute Gasteiger partial charge is 0.496 e. The van der Waals surface area contributed by atoms with E-state index in [1.807, 2.05) is 122 Å². The number of nitrogens with one attached hydrogen (secondary N) is 6. The van der Waals surface area contributed by atoms with E-state index in [1.54, 1.807) is 33.4 Å². The molecule has 0 saturated heterocycles. The number of fused-ring (bicyclic) bond motifs is 2. The number of halogens is 3. The van der Waals surface area contributed by atoms with E-state index in [0.29, 0.717) is 11.3 Å². The standard InChI is InChI=1S/C33H35F3N4O3.C33H38N4O4/c1-32(19-24-20-38-27-12-6-5-11-26(24)27,40-31(42)43-21-22-14-16-25(17-15-22)33(34,35)36)30(41)39-29(23-9-3-2-4-10-23)28-13-7-8-18-37-28;1-33(20-25-21-35-27-16-8-7-15-26(25)27,37-32(39)41-22-24-14-6-9-18-29(24)40-2)31(38)36-30(23-12-4-3-5-13-23)28-17-10-11-19-34-28/h5-8,11-18,20,23,29,38H,2-4,9-10,19,21H2,1H3,(H,39,41)(H,40,42);6-11,14-19,21,23,30,35H,3-5,12-13,20,22H2,1-2H3,(H,36,38)(H,37,39)/t29?,32-;30?,33-/m00/s1. The average Bonchev–Trinajstić information content (AvgIpc) is 3.31. The Morgan fingerprint density at radius 2 is 0.988 bits per heavy atom. The first-order valence-electron chi connectivity index (χ1n) is 28.8. The summed E-state index contributed by atoms with van der Waals surface area (Å²) >= 11 is 0. The second-order valence-electron chi connectivity index (χ2n) is 22.4. The highest BCUT2D eigenvalue weighted by Gasteiger charge is 2.42. The van der Waals surface area contributed by atoms with Crippen LogP contribution in [0.2, 0.25) is 0 Å². The van der Waals surface area contributed by atoms with Crippen molar-refractivity contribution >= 4 is 45.8 Å². The molecule has 4 aromatic heterocycles. The molecule has 0 radical (unpaired) electrons. The van der Waals surface area contributed by atoms with Gasteiger partial charge in [-0.2, -0.15) is 13.2 Å². The normalized spacial score (nSPS) is 16.1. The molecule has 10 rings (SSSR count). The lowest BCUT2D eigenvalue weighted by Gasteiger charge is -2.35. The monoisotopic (exact) mass is 1150 g/mol. The van der Waals surface area contributed by atoms with Crippen LogP contribution < -0.4 is 26.0 Å². The Balaban J connectivity index is 0.000000202. The van der Waals surface area contributed by atoms with Gasteiger partial charge >= 0.3 is 18.4 Å². The Labute approximate surface area is 487 Å². The molecule has 0 bridgehead atoms. The number of amides is 4. The second-order valence-corrected chi connectivity index (χ2v) is 22.4. The summed E-state index contributed by atoms with van der Waals surface area (Å²) in [7, 11) is 1.58. The number of hydrogen-bond acceptors (Lipinski definition) is 9. The second kappa shape index (κ2) is 27.6. The number of carbonyl (C=O) groups excluding carboxylic acids is 4. The highest BCUT2D eigenvalue weighted by molar-refractivity contribution is 5.93. The van der Waals surface area contributed by atoms with Crippen LogP contribution in [0.5, 0.6) is 5.75 Å². The molecular weight excluding hydrogens is 1070 g/mol. The zero-order chi connectivity index (χ0) is 59.1. The summed E-state index contributed by atoms with van der Waals surface area (Å²) in [5.41, 5.74) is 2.84. The summed E-state index contributed by atoms with van der Waals surface area (Å²) < 4.78 is 55.1. The number of hydrogen-bond donors (Lipinski definition) is 6. The smallest absolute Gasteiger partial charge is 0.416 e.